The fraction of sp³-hybridized carbons (Fsp3) is 0.0417. The Hall–Kier alpha value is -4.60. The first-order chi connectivity index (χ1) is 16.1. The molecular formula is C24H14FN5O2S. The Morgan fingerprint density at radius 3 is 2.61 bits per heavy atom. The fourth-order valence-electron chi connectivity index (χ4n) is 2.94. The zero-order chi connectivity index (χ0) is 23.2. The number of aromatic nitrogens is 3. The molecule has 2 heterocycles. The molecule has 0 fully saturated rings. The molecule has 2 aromatic heterocycles. The Morgan fingerprint density at radius 1 is 1.06 bits per heavy atom. The number of carbonyl (C=O) groups excluding carboxylic acids is 1. The van der Waals surface area contributed by atoms with E-state index in [1.54, 1.807) is 24.3 Å². The number of amides is 1. The smallest absolute Gasteiger partial charge is 0.258 e. The van der Waals surface area contributed by atoms with Crippen LogP contribution in [0.4, 0.5) is 9.52 Å². The molecule has 0 saturated heterocycles. The largest absolute Gasteiger partial charge is 0.496 e. The Bertz CT molecular complexity index is 1430. The Morgan fingerprint density at radius 2 is 1.85 bits per heavy atom. The zero-order valence-corrected chi connectivity index (χ0v) is 18.0. The summed E-state index contributed by atoms with van der Waals surface area (Å²) in [6.07, 6.45) is 2.94. The lowest BCUT2D eigenvalue weighted by molar-refractivity contribution is 0.102. The highest BCUT2D eigenvalue weighted by atomic mass is 32.1. The molecule has 0 radical (unpaired) electrons. The molecule has 2 aromatic carbocycles. The van der Waals surface area contributed by atoms with Crippen LogP contribution in [0.5, 0.6) is 5.75 Å². The van der Waals surface area contributed by atoms with Gasteiger partial charge in [0, 0.05) is 29.1 Å². The topological polar surface area (TPSA) is 101 Å². The highest BCUT2D eigenvalue weighted by Gasteiger charge is 2.18. The van der Waals surface area contributed by atoms with Crippen LogP contribution in [-0.2, 0) is 0 Å². The van der Waals surface area contributed by atoms with Crippen LogP contribution in [0, 0.1) is 29.0 Å². The molecule has 1 amide bonds. The predicted octanol–water partition coefficient (Wildman–Crippen LogP) is 4.27. The maximum Gasteiger partial charge on any atom is 0.258 e. The van der Waals surface area contributed by atoms with Gasteiger partial charge < -0.3 is 4.74 Å². The summed E-state index contributed by atoms with van der Waals surface area (Å²) >= 11 is 1.11. The summed E-state index contributed by atoms with van der Waals surface area (Å²) in [5.74, 6) is 5.31. The maximum atomic E-state index is 13.9. The van der Waals surface area contributed by atoms with Gasteiger partial charge in [-0.3, -0.25) is 15.1 Å². The first kappa shape index (κ1) is 21.6. The summed E-state index contributed by atoms with van der Waals surface area (Å²) < 4.78 is 19.2. The van der Waals surface area contributed by atoms with Gasteiger partial charge in [-0.2, -0.15) is 5.26 Å². The van der Waals surface area contributed by atoms with E-state index in [-0.39, 0.29) is 10.7 Å². The average Bonchev–Trinajstić information content (AvgIpc) is 3.30. The number of ether oxygens (including phenoxy) is 1. The predicted molar refractivity (Wildman–Crippen MR) is 121 cm³/mol. The number of benzene rings is 2. The molecule has 0 unspecified atom stereocenters. The molecule has 4 rings (SSSR count). The van der Waals surface area contributed by atoms with Crippen LogP contribution in [0.15, 0.2) is 60.9 Å². The number of nitrogens with zero attached hydrogens (tertiary/aromatic N) is 4. The van der Waals surface area contributed by atoms with Gasteiger partial charge >= 0.3 is 0 Å². The molecule has 0 saturated carbocycles. The number of halogens is 1. The first-order valence-electron chi connectivity index (χ1n) is 9.52. The number of anilines is 1. The summed E-state index contributed by atoms with van der Waals surface area (Å²) in [5.41, 5.74) is 2.36. The van der Waals surface area contributed by atoms with E-state index in [2.05, 4.69) is 32.3 Å². The number of nitrogens with one attached hydrogen (secondary N) is 1. The molecule has 4 aromatic rings. The van der Waals surface area contributed by atoms with Gasteiger partial charge in [-0.1, -0.05) is 17.3 Å². The van der Waals surface area contributed by atoms with E-state index in [1.165, 1.54) is 43.8 Å². The molecule has 0 atom stereocenters. The van der Waals surface area contributed by atoms with Crippen molar-refractivity contribution in [2.75, 3.05) is 12.4 Å². The number of pyridine rings is 1. The molecule has 0 aliphatic carbocycles. The van der Waals surface area contributed by atoms with E-state index < -0.39 is 11.7 Å². The monoisotopic (exact) mass is 455 g/mol. The highest BCUT2D eigenvalue weighted by molar-refractivity contribution is 7.15. The number of hydrogen-bond donors (Lipinski definition) is 1. The number of carbonyl (C=O) groups is 1. The normalized spacial score (nSPS) is 9.97. The van der Waals surface area contributed by atoms with Crippen LogP contribution in [-0.4, -0.2) is 28.2 Å². The summed E-state index contributed by atoms with van der Waals surface area (Å²) in [7, 11) is 1.47. The van der Waals surface area contributed by atoms with Crippen molar-refractivity contribution in [3.8, 4) is 34.8 Å². The minimum absolute atomic E-state index is 0.262. The van der Waals surface area contributed by atoms with Gasteiger partial charge in [0.25, 0.3) is 5.91 Å². The van der Waals surface area contributed by atoms with Gasteiger partial charge in [0.1, 0.15) is 11.6 Å². The number of rotatable bonds is 4. The van der Waals surface area contributed by atoms with Crippen molar-refractivity contribution >= 4 is 22.4 Å². The fourth-order valence-corrected chi connectivity index (χ4v) is 3.53. The molecule has 33 heavy (non-hydrogen) atoms. The second kappa shape index (κ2) is 9.69. The molecule has 0 aliphatic heterocycles. The lowest BCUT2D eigenvalue weighted by Gasteiger charge is -2.12. The van der Waals surface area contributed by atoms with E-state index in [0.29, 0.717) is 27.4 Å². The molecular weight excluding hydrogens is 441 g/mol. The van der Waals surface area contributed by atoms with Crippen LogP contribution < -0.4 is 10.1 Å². The quantitative estimate of drug-likeness (QED) is 0.461. The molecule has 160 valence electrons. The Balaban J connectivity index is 1.55. The van der Waals surface area contributed by atoms with Crippen molar-refractivity contribution in [1.82, 2.24) is 15.2 Å². The molecule has 9 heteroatoms. The molecule has 7 nitrogen and oxygen atoms in total. The number of methoxy groups -OCH3 is 1. The second-order valence-electron chi connectivity index (χ2n) is 6.57. The van der Waals surface area contributed by atoms with Crippen LogP contribution in [0.3, 0.4) is 0 Å². The third-order valence-electron chi connectivity index (χ3n) is 4.49. The summed E-state index contributed by atoms with van der Waals surface area (Å²) in [5, 5.41) is 20.2. The Labute approximate surface area is 192 Å². The highest BCUT2D eigenvalue weighted by Crippen LogP contribution is 2.33. The zero-order valence-electron chi connectivity index (χ0n) is 17.2. The summed E-state index contributed by atoms with van der Waals surface area (Å²) in [6, 6.07) is 14.5. The molecule has 0 aliphatic rings. The van der Waals surface area contributed by atoms with E-state index in [0.717, 1.165) is 16.9 Å². The van der Waals surface area contributed by atoms with Gasteiger partial charge in [0.05, 0.1) is 24.3 Å². The standard InChI is InChI=1S/C24H14FN5O2S/c1-32-21-8-7-17(25)12-19(21)20-14-27-11-10-18(20)23(31)28-24-30-29-22(33-24)9-6-15-2-4-16(13-26)5-3-15/h2-5,7-8,10-12,14H,1H3,(H,28,30,31). The molecule has 1 N–H and O–H groups in total. The van der Waals surface area contributed by atoms with Crippen LogP contribution in [0.25, 0.3) is 11.1 Å². The minimum atomic E-state index is -0.462. The number of hydrogen-bond acceptors (Lipinski definition) is 7. The SMILES string of the molecule is COc1ccc(F)cc1-c1cnccc1C(=O)Nc1nnc(C#Cc2ccc(C#N)cc2)s1. The second-order valence-corrected chi connectivity index (χ2v) is 7.55. The van der Waals surface area contributed by atoms with E-state index in [1.807, 2.05) is 6.07 Å². The van der Waals surface area contributed by atoms with Crippen LogP contribution in [0.2, 0.25) is 0 Å². The summed E-state index contributed by atoms with van der Waals surface area (Å²) in [4.78, 5) is 17.0. The van der Waals surface area contributed by atoms with Gasteiger partial charge in [0.2, 0.25) is 5.13 Å². The third kappa shape index (κ3) is 5.01. The van der Waals surface area contributed by atoms with Gasteiger partial charge in [-0.25, -0.2) is 4.39 Å². The average molecular weight is 455 g/mol. The lowest BCUT2D eigenvalue weighted by atomic mass is 10.0. The van der Waals surface area contributed by atoms with Gasteiger partial charge in [-0.05, 0) is 54.5 Å². The van der Waals surface area contributed by atoms with Crippen LogP contribution in [0.1, 0.15) is 26.5 Å². The van der Waals surface area contributed by atoms with Crippen LogP contribution >= 0.6 is 11.3 Å². The van der Waals surface area contributed by atoms with Crippen molar-refractivity contribution < 1.29 is 13.9 Å². The molecule has 0 bridgehead atoms. The van der Waals surface area contributed by atoms with Crippen molar-refractivity contribution in [2.45, 2.75) is 0 Å². The van der Waals surface area contributed by atoms with Gasteiger partial charge in [-0.15, -0.1) is 10.2 Å². The van der Waals surface area contributed by atoms with Crippen molar-refractivity contribution in [3.63, 3.8) is 0 Å². The van der Waals surface area contributed by atoms with E-state index in [9.17, 15) is 9.18 Å². The molecule has 0 spiro atoms. The lowest BCUT2D eigenvalue weighted by Crippen LogP contribution is -2.13. The van der Waals surface area contributed by atoms with Gasteiger partial charge in [0.15, 0.2) is 5.01 Å². The Kier molecular flexibility index (Phi) is 6.35. The number of nitriles is 1. The van der Waals surface area contributed by atoms with E-state index >= 15 is 0 Å². The minimum Gasteiger partial charge on any atom is -0.496 e. The summed E-state index contributed by atoms with van der Waals surface area (Å²) in [6.45, 7) is 0. The van der Waals surface area contributed by atoms with Crippen molar-refractivity contribution in [1.29, 1.82) is 5.26 Å². The first-order valence-corrected chi connectivity index (χ1v) is 10.3. The van der Waals surface area contributed by atoms with Crippen molar-refractivity contribution in [3.05, 3.63) is 88.4 Å². The van der Waals surface area contributed by atoms with E-state index in [4.69, 9.17) is 10.00 Å². The third-order valence-corrected chi connectivity index (χ3v) is 5.24. The van der Waals surface area contributed by atoms with Crippen molar-refractivity contribution in [2.24, 2.45) is 0 Å². The maximum absolute atomic E-state index is 13.9.